The van der Waals surface area contributed by atoms with Crippen LogP contribution in [0.4, 0.5) is 5.69 Å². The Morgan fingerprint density at radius 3 is 2.34 bits per heavy atom. The molecule has 0 fully saturated rings. The molecular weight excluding hydrogens is 424 g/mol. The maximum atomic E-state index is 13.3. The van der Waals surface area contributed by atoms with Crippen molar-refractivity contribution in [2.24, 2.45) is 0 Å². The SMILES string of the molecule is Cc1cccc(N(CC(=O)NC(C)COc2ccccc2C)S(=O)(=O)c2ccccc2)c1. The number of para-hydroxylation sites is 1. The first-order valence-corrected chi connectivity index (χ1v) is 11.8. The third kappa shape index (κ3) is 5.88. The van der Waals surface area contributed by atoms with Gasteiger partial charge in [0, 0.05) is 0 Å². The van der Waals surface area contributed by atoms with E-state index in [4.69, 9.17) is 4.74 Å². The maximum absolute atomic E-state index is 13.3. The molecule has 168 valence electrons. The van der Waals surface area contributed by atoms with Crippen molar-refractivity contribution in [1.29, 1.82) is 0 Å². The number of hydrogen-bond acceptors (Lipinski definition) is 4. The molecule has 0 saturated carbocycles. The van der Waals surface area contributed by atoms with Crippen LogP contribution < -0.4 is 14.4 Å². The van der Waals surface area contributed by atoms with E-state index < -0.39 is 15.9 Å². The topological polar surface area (TPSA) is 75.7 Å². The maximum Gasteiger partial charge on any atom is 0.264 e. The third-order valence-electron chi connectivity index (χ3n) is 4.90. The standard InChI is InChI=1S/C25H28N2O4S/c1-19-10-9-12-22(16-19)27(32(29,30)23-13-5-4-6-14-23)17-25(28)26-21(3)18-31-24-15-8-7-11-20(24)2/h4-16,21H,17-18H2,1-3H3,(H,26,28). The molecule has 3 rings (SSSR count). The van der Waals surface area contributed by atoms with Crippen LogP contribution in [0.3, 0.4) is 0 Å². The highest BCUT2D eigenvalue weighted by Crippen LogP contribution is 2.24. The van der Waals surface area contributed by atoms with E-state index in [0.29, 0.717) is 5.69 Å². The van der Waals surface area contributed by atoms with Gasteiger partial charge in [-0.3, -0.25) is 9.10 Å². The molecule has 1 unspecified atom stereocenters. The van der Waals surface area contributed by atoms with Gasteiger partial charge in [0.25, 0.3) is 10.0 Å². The quantitative estimate of drug-likeness (QED) is 0.531. The summed E-state index contributed by atoms with van der Waals surface area (Å²) in [5, 5.41) is 2.84. The second-order valence-corrected chi connectivity index (χ2v) is 9.57. The predicted octanol–water partition coefficient (Wildman–Crippen LogP) is 4.08. The molecule has 7 heteroatoms. The number of nitrogens with zero attached hydrogens (tertiary/aromatic N) is 1. The van der Waals surface area contributed by atoms with Gasteiger partial charge in [-0.2, -0.15) is 0 Å². The van der Waals surface area contributed by atoms with Gasteiger partial charge >= 0.3 is 0 Å². The number of hydrogen-bond donors (Lipinski definition) is 1. The average Bonchev–Trinajstić information content (AvgIpc) is 2.77. The van der Waals surface area contributed by atoms with Gasteiger partial charge in [-0.1, -0.05) is 48.5 Å². The lowest BCUT2D eigenvalue weighted by Gasteiger charge is -2.25. The molecule has 0 aliphatic carbocycles. The molecule has 1 atom stereocenters. The van der Waals surface area contributed by atoms with Crippen LogP contribution in [0.25, 0.3) is 0 Å². The Hall–Kier alpha value is -3.32. The summed E-state index contributed by atoms with van der Waals surface area (Å²) in [6.07, 6.45) is 0. The number of carbonyl (C=O) groups is 1. The van der Waals surface area contributed by atoms with E-state index in [1.54, 1.807) is 36.4 Å². The summed E-state index contributed by atoms with van der Waals surface area (Å²) in [5.74, 6) is 0.341. The first kappa shape index (κ1) is 23.3. The molecule has 0 bridgehead atoms. The van der Waals surface area contributed by atoms with Gasteiger partial charge < -0.3 is 10.1 Å². The van der Waals surface area contributed by atoms with Gasteiger partial charge in [-0.15, -0.1) is 0 Å². The minimum absolute atomic E-state index is 0.130. The monoisotopic (exact) mass is 452 g/mol. The van der Waals surface area contributed by atoms with Gasteiger partial charge in [-0.25, -0.2) is 8.42 Å². The van der Waals surface area contributed by atoms with Crippen molar-refractivity contribution in [3.05, 3.63) is 90.0 Å². The van der Waals surface area contributed by atoms with Crippen LogP contribution in [-0.2, 0) is 14.8 Å². The van der Waals surface area contributed by atoms with Crippen molar-refractivity contribution in [3.8, 4) is 5.75 Å². The zero-order chi connectivity index (χ0) is 23.1. The predicted molar refractivity (Wildman–Crippen MR) is 126 cm³/mol. The number of sulfonamides is 1. The number of ether oxygens (including phenoxy) is 1. The van der Waals surface area contributed by atoms with Crippen molar-refractivity contribution in [2.75, 3.05) is 17.5 Å². The molecular formula is C25H28N2O4S. The number of nitrogens with one attached hydrogen (secondary N) is 1. The van der Waals surface area contributed by atoms with Crippen LogP contribution >= 0.6 is 0 Å². The lowest BCUT2D eigenvalue weighted by Crippen LogP contribution is -2.45. The van der Waals surface area contributed by atoms with Gasteiger partial charge in [0.15, 0.2) is 0 Å². The molecule has 32 heavy (non-hydrogen) atoms. The molecule has 0 aliphatic heterocycles. The summed E-state index contributed by atoms with van der Waals surface area (Å²) in [6.45, 7) is 5.58. The molecule has 0 heterocycles. The smallest absolute Gasteiger partial charge is 0.264 e. The lowest BCUT2D eigenvalue weighted by molar-refractivity contribution is -0.120. The van der Waals surface area contributed by atoms with Crippen LogP contribution in [0.1, 0.15) is 18.1 Å². The van der Waals surface area contributed by atoms with E-state index in [-0.39, 0.29) is 24.1 Å². The van der Waals surface area contributed by atoms with Crippen LogP contribution in [0, 0.1) is 13.8 Å². The van der Waals surface area contributed by atoms with E-state index in [1.807, 2.05) is 51.1 Å². The Balaban J connectivity index is 1.74. The number of benzene rings is 3. The zero-order valence-electron chi connectivity index (χ0n) is 18.5. The molecule has 0 spiro atoms. The Morgan fingerprint density at radius 2 is 1.66 bits per heavy atom. The number of anilines is 1. The van der Waals surface area contributed by atoms with Crippen LogP contribution in [0.5, 0.6) is 5.75 Å². The Morgan fingerprint density at radius 1 is 0.969 bits per heavy atom. The number of amides is 1. The molecule has 3 aromatic rings. The fourth-order valence-corrected chi connectivity index (χ4v) is 4.68. The van der Waals surface area contributed by atoms with Crippen molar-refractivity contribution < 1.29 is 17.9 Å². The molecule has 0 aromatic heterocycles. The fraction of sp³-hybridized carbons (Fsp3) is 0.240. The Labute approximate surface area is 189 Å². The second-order valence-electron chi connectivity index (χ2n) is 7.71. The lowest BCUT2D eigenvalue weighted by atomic mass is 10.2. The summed E-state index contributed by atoms with van der Waals surface area (Å²) in [6, 6.07) is 22.5. The first-order chi connectivity index (χ1) is 15.3. The van der Waals surface area contributed by atoms with Gasteiger partial charge in [0.2, 0.25) is 5.91 Å². The largest absolute Gasteiger partial charge is 0.491 e. The summed E-state index contributed by atoms with van der Waals surface area (Å²) in [4.78, 5) is 12.9. The van der Waals surface area contributed by atoms with Crippen molar-refractivity contribution in [1.82, 2.24) is 5.32 Å². The van der Waals surface area contributed by atoms with E-state index in [0.717, 1.165) is 21.2 Å². The summed E-state index contributed by atoms with van der Waals surface area (Å²) in [7, 11) is -3.92. The molecule has 6 nitrogen and oxygen atoms in total. The van der Waals surface area contributed by atoms with E-state index in [9.17, 15) is 13.2 Å². The fourth-order valence-electron chi connectivity index (χ4n) is 3.24. The highest BCUT2D eigenvalue weighted by molar-refractivity contribution is 7.92. The first-order valence-electron chi connectivity index (χ1n) is 10.4. The van der Waals surface area contributed by atoms with Gasteiger partial charge in [0.05, 0.1) is 16.6 Å². The number of rotatable bonds is 9. The van der Waals surface area contributed by atoms with E-state index >= 15 is 0 Å². The van der Waals surface area contributed by atoms with Crippen LogP contribution in [-0.4, -0.2) is 33.5 Å². The van der Waals surface area contributed by atoms with Crippen LogP contribution in [0.15, 0.2) is 83.8 Å². The summed E-state index contributed by atoms with van der Waals surface area (Å²) < 4.78 is 33.6. The normalized spacial score (nSPS) is 12.1. The number of carbonyl (C=O) groups excluding carboxylic acids is 1. The van der Waals surface area contributed by atoms with E-state index in [1.165, 1.54) is 12.1 Å². The number of aryl methyl sites for hydroxylation is 2. The molecule has 0 saturated heterocycles. The third-order valence-corrected chi connectivity index (χ3v) is 6.69. The second kappa shape index (κ2) is 10.3. The summed E-state index contributed by atoms with van der Waals surface area (Å²) in [5.41, 5.74) is 2.34. The minimum Gasteiger partial charge on any atom is -0.491 e. The summed E-state index contributed by atoms with van der Waals surface area (Å²) >= 11 is 0. The van der Waals surface area contributed by atoms with Crippen LogP contribution in [0.2, 0.25) is 0 Å². The Bertz CT molecular complexity index is 1160. The molecule has 0 aliphatic rings. The Kier molecular flexibility index (Phi) is 7.53. The van der Waals surface area contributed by atoms with Crippen molar-refractivity contribution in [3.63, 3.8) is 0 Å². The molecule has 1 amide bonds. The van der Waals surface area contributed by atoms with E-state index in [2.05, 4.69) is 5.32 Å². The molecule has 1 N–H and O–H groups in total. The highest BCUT2D eigenvalue weighted by Gasteiger charge is 2.27. The van der Waals surface area contributed by atoms with Gasteiger partial charge in [-0.05, 0) is 62.2 Å². The minimum atomic E-state index is -3.92. The molecule has 0 radical (unpaired) electrons. The highest BCUT2D eigenvalue weighted by atomic mass is 32.2. The molecule has 3 aromatic carbocycles. The zero-order valence-corrected chi connectivity index (χ0v) is 19.3. The average molecular weight is 453 g/mol. The van der Waals surface area contributed by atoms with Crippen molar-refractivity contribution in [2.45, 2.75) is 31.7 Å². The van der Waals surface area contributed by atoms with Crippen molar-refractivity contribution >= 4 is 21.6 Å². The van der Waals surface area contributed by atoms with Gasteiger partial charge in [0.1, 0.15) is 18.9 Å².